The quantitative estimate of drug-likeness (QED) is 0.799. The molecule has 0 aliphatic heterocycles. The standard InChI is InChI=1S/C13H9ClN4O3/c1-18-11-9(5-17-18)12(16-6-15-11)21-7-2-3-10(14)8(4-7)13(19)20/h2-6H,1H3,(H,19,20). The zero-order valence-corrected chi connectivity index (χ0v) is 11.6. The second-order valence-electron chi connectivity index (χ2n) is 4.23. The fraction of sp³-hybridized carbons (Fsp3) is 0.0769. The van der Waals surface area contributed by atoms with Gasteiger partial charge in [-0.15, -0.1) is 0 Å². The van der Waals surface area contributed by atoms with Crippen molar-refractivity contribution in [3.8, 4) is 11.6 Å². The number of nitrogens with zero attached hydrogens (tertiary/aromatic N) is 4. The van der Waals surface area contributed by atoms with E-state index in [0.29, 0.717) is 22.7 Å². The van der Waals surface area contributed by atoms with Gasteiger partial charge in [0.15, 0.2) is 5.65 Å². The van der Waals surface area contributed by atoms with Crippen molar-refractivity contribution in [3.63, 3.8) is 0 Å². The first kappa shape index (κ1) is 13.3. The zero-order valence-electron chi connectivity index (χ0n) is 10.8. The summed E-state index contributed by atoms with van der Waals surface area (Å²) in [6.45, 7) is 0. The lowest BCUT2D eigenvalue weighted by Gasteiger charge is -2.07. The largest absolute Gasteiger partial charge is 0.478 e. The summed E-state index contributed by atoms with van der Waals surface area (Å²) in [4.78, 5) is 19.2. The first-order chi connectivity index (χ1) is 10.1. The smallest absolute Gasteiger partial charge is 0.337 e. The number of hydrogen-bond acceptors (Lipinski definition) is 5. The summed E-state index contributed by atoms with van der Waals surface area (Å²) in [7, 11) is 1.75. The lowest BCUT2D eigenvalue weighted by molar-refractivity contribution is 0.0696. The van der Waals surface area contributed by atoms with Crippen molar-refractivity contribution in [3.05, 3.63) is 41.3 Å². The molecule has 2 heterocycles. The number of aromatic carboxylic acids is 1. The number of aryl methyl sites for hydroxylation is 1. The van der Waals surface area contributed by atoms with Gasteiger partial charge in [-0.05, 0) is 18.2 Å². The van der Waals surface area contributed by atoms with Crippen molar-refractivity contribution in [1.29, 1.82) is 0 Å². The molecular formula is C13H9ClN4O3. The Morgan fingerprint density at radius 1 is 1.38 bits per heavy atom. The maximum atomic E-state index is 11.1. The molecule has 3 rings (SSSR count). The van der Waals surface area contributed by atoms with E-state index in [0.717, 1.165) is 0 Å². The number of benzene rings is 1. The number of hydrogen-bond donors (Lipinski definition) is 1. The summed E-state index contributed by atoms with van der Waals surface area (Å²) in [6, 6.07) is 4.37. The Morgan fingerprint density at radius 3 is 2.95 bits per heavy atom. The Balaban J connectivity index is 2.03. The van der Waals surface area contributed by atoms with Crippen LogP contribution in [-0.4, -0.2) is 30.8 Å². The third-order valence-corrected chi connectivity index (χ3v) is 3.21. The number of ether oxygens (including phenoxy) is 1. The van der Waals surface area contributed by atoms with E-state index in [-0.39, 0.29) is 10.6 Å². The van der Waals surface area contributed by atoms with Crippen molar-refractivity contribution in [2.45, 2.75) is 0 Å². The molecule has 7 nitrogen and oxygen atoms in total. The highest BCUT2D eigenvalue weighted by molar-refractivity contribution is 6.33. The molecule has 0 bridgehead atoms. The summed E-state index contributed by atoms with van der Waals surface area (Å²) in [6.07, 6.45) is 2.94. The molecule has 0 spiro atoms. The molecule has 0 saturated carbocycles. The van der Waals surface area contributed by atoms with Gasteiger partial charge < -0.3 is 9.84 Å². The SMILES string of the molecule is Cn1ncc2c(Oc3ccc(Cl)c(C(=O)O)c3)ncnc21. The number of halogens is 1. The lowest BCUT2D eigenvalue weighted by Crippen LogP contribution is -1.98. The van der Waals surface area contributed by atoms with Gasteiger partial charge in [0.05, 0.1) is 16.8 Å². The number of carboxylic acid groups (broad SMARTS) is 1. The van der Waals surface area contributed by atoms with Crippen molar-refractivity contribution in [1.82, 2.24) is 19.7 Å². The fourth-order valence-electron chi connectivity index (χ4n) is 1.87. The van der Waals surface area contributed by atoms with Gasteiger partial charge >= 0.3 is 5.97 Å². The Hall–Kier alpha value is -2.67. The van der Waals surface area contributed by atoms with Crippen LogP contribution >= 0.6 is 11.6 Å². The average Bonchev–Trinajstić information content (AvgIpc) is 2.84. The number of carbonyl (C=O) groups is 1. The lowest BCUT2D eigenvalue weighted by atomic mass is 10.2. The maximum absolute atomic E-state index is 11.1. The molecule has 0 aliphatic rings. The highest BCUT2D eigenvalue weighted by atomic mass is 35.5. The van der Waals surface area contributed by atoms with Crippen LogP contribution in [-0.2, 0) is 7.05 Å². The van der Waals surface area contributed by atoms with Gasteiger partial charge in [0, 0.05) is 7.05 Å². The Labute approximate surface area is 123 Å². The van der Waals surface area contributed by atoms with Crippen LogP contribution in [0.3, 0.4) is 0 Å². The van der Waals surface area contributed by atoms with Crippen LogP contribution in [0.4, 0.5) is 0 Å². The number of carboxylic acids is 1. The van der Waals surface area contributed by atoms with Gasteiger partial charge in [-0.3, -0.25) is 4.68 Å². The van der Waals surface area contributed by atoms with Gasteiger partial charge in [-0.25, -0.2) is 14.8 Å². The minimum atomic E-state index is -1.13. The maximum Gasteiger partial charge on any atom is 0.337 e. The molecule has 8 heteroatoms. The molecule has 1 aromatic carbocycles. The van der Waals surface area contributed by atoms with Gasteiger partial charge in [0.2, 0.25) is 5.88 Å². The van der Waals surface area contributed by atoms with E-state index in [1.807, 2.05) is 0 Å². The van der Waals surface area contributed by atoms with E-state index in [9.17, 15) is 4.79 Å². The van der Waals surface area contributed by atoms with E-state index in [1.54, 1.807) is 24.0 Å². The molecule has 106 valence electrons. The Kier molecular flexibility index (Phi) is 3.19. The summed E-state index contributed by atoms with van der Waals surface area (Å²) in [5, 5.41) is 13.9. The molecule has 3 aromatic rings. The minimum Gasteiger partial charge on any atom is -0.478 e. The van der Waals surface area contributed by atoms with E-state index in [4.69, 9.17) is 21.4 Å². The van der Waals surface area contributed by atoms with E-state index >= 15 is 0 Å². The first-order valence-corrected chi connectivity index (χ1v) is 6.27. The summed E-state index contributed by atoms with van der Waals surface area (Å²) in [5.74, 6) is -0.507. The molecule has 21 heavy (non-hydrogen) atoms. The molecule has 0 atom stereocenters. The molecule has 0 radical (unpaired) electrons. The Bertz CT molecular complexity index is 847. The summed E-state index contributed by atoms with van der Waals surface area (Å²) >= 11 is 5.82. The Morgan fingerprint density at radius 2 is 2.19 bits per heavy atom. The van der Waals surface area contributed by atoms with Crippen LogP contribution in [0.2, 0.25) is 5.02 Å². The van der Waals surface area contributed by atoms with Gasteiger partial charge in [-0.2, -0.15) is 5.10 Å². The topological polar surface area (TPSA) is 90.1 Å². The summed E-state index contributed by atoms with van der Waals surface area (Å²) in [5.41, 5.74) is 0.582. The molecular weight excluding hydrogens is 296 g/mol. The van der Waals surface area contributed by atoms with Crippen molar-refractivity contribution in [2.24, 2.45) is 7.05 Å². The van der Waals surface area contributed by atoms with E-state index in [1.165, 1.54) is 18.5 Å². The monoisotopic (exact) mass is 304 g/mol. The predicted octanol–water partition coefficient (Wildman–Crippen LogP) is 2.51. The highest BCUT2D eigenvalue weighted by Gasteiger charge is 2.13. The zero-order chi connectivity index (χ0) is 15.0. The van der Waals surface area contributed by atoms with Gasteiger partial charge in [0.1, 0.15) is 17.5 Å². The number of rotatable bonds is 3. The van der Waals surface area contributed by atoms with Crippen molar-refractivity contribution >= 4 is 28.6 Å². The molecule has 0 fully saturated rings. The third kappa shape index (κ3) is 2.38. The average molecular weight is 305 g/mol. The van der Waals surface area contributed by atoms with Crippen LogP contribution in [0.1, 0.15) is 10.4 Å². The molecule has 2 aromatic heterocycles. The van der Waals surface area contributed by atoms with Crippen LogP contribution in [0.25, 0.3) is 11.0 Å². The van der Waals surface area contributed by atoms with Gasteiger partial charge in [0.25, 0.3) is 0 Å². The predicted molar refractivity (Wildman–Crippen MR) is 74.8 cm³/mol. The normalized spacial score (nSPS) is 10.8. The minimum absolute atomic E-state index is 0.0364. The second kappa shape index (κ2) is 5.02. The van der Waals surface area contributed by atoms with E-state index in [2.05, 4.69) is 15.1 Å². The number of aromatic nitrogens is 4. The van der Waals surface area contributed by atoms with Crippen LogP contribution in [0.5, 0.6) is 11.6 Å². The van der Waals surface area contributed by atoms with Crippen LogP contribution in [0.15, 0.2) is 30.7 Å². The van der Waals surface area contributed by atoms with Gasteiger partial charge in [-0.1, -0.05) is 11.6 Å². The van der Waals surface area contributed by atoms with Crippen molar-refractivity contribution in [2.75, 3.05) is 0 Å². The molecule has 0 unspecified atom stereocenters. The van der Waals surface area contributed by atoms with Crippen molar-refractivity contribution < 1.29 is 14.6 Å². The first-order valence-electron chi connectivity index (χ1n) is 5.89. The highest BCUT2D eigenvalue weighted by Crippen LogP contribution is 2.28. The van der Waals surface area contributed by atoms with Crippen LogP contribution < -0.4 is 4.74 Å². The second-order valence-corrected chi connectivity index (χ2v) is 4.64. The van der Waals surface area contributed by atoms with E-state index < -0.39 is 5.97 Å². The van der Waals surface area contributed by atoms with Crippen LogP contribution in [0, 0.1) is 0 Å². The molecule has 1 N–H and O–H groups in total. The summed E-state index contributed by atoms with van der Waals surface area (Å²) < 4.78 is 7.22. The molecule has 0 saturated heterocycles. The fourth-order valence-corrected chi connectivity index (χ4v) is 2.06. The molecule has 0 amide bonds. The third-order valence-electron chi connectivity index (χ3n) is 2.88. The number of fused-ring (bicyclic) bond motifs is 1. The molecule has 0 aliphatic carbocycles.